The summed E-state index contributed by atoms with van der Waals surface area (Å²) >= 11 is 0. The van der Waals surface area contributed by atoms with E-state index in [2.05, 4.69) is 38.0 Å². The van der Waals surface area contributed by atoms with E-state index in [9.17, 15) is 4.79 Å². The monoisotopic (exact) mass is 232 g/mol. The molecule has 1 saturated carbocycles. The number of rotatable bonds is 2. The van der Waals surface area contributed by atoms with Crippen LogP contribution < -0.4 is 5.32 Å². The van der Waals surface area contributed by atoms with Crippen molar-refractivity contribution in [3.05, 3.63) is 23.9 Å². The van der Waals surface area contributed by atoms with Gasteiger partial charge < -0.3 is 5.32 Å². The molecular formula is C14H20N2O. The van der Waals surface area contributed by atoms with Crippen molar-refractivity contribution in [1.82, 2.24) is 4.98 Å². The molecule has 0 aliphatic heterocycles. The van der Waals surface area contributed by atoms with Gasteiger partial charge in [0, 0.05) is 11.6 Å². The summed E-state index contributed by atoms with van der Waals surface area (Å²) in [7, 11) is 0. The molecule has 1 fully saturated rings. The van der Waals surface area contributed by atoms with Crippen molar-refractivity contribution in [2.24, 2.45) is 16.7 Å². The summed E-state index contributed by atoms with van der Waals surface area (Å²) in [5.74, 6) is 0.795. The first kappa shape index (κ1) is 12.1. The largest absolute Gasteiger partial charge is 0.310 e. The summed E-state index contributed by atoms with van der Waals surface area (Å²) < 4.78 is 0. The Hall–Kier alpha value is -1.38. The quantitative estimate of drug-likeness (QED) is 0.851. The smallest absolute Gasteiger partial charge is 0.229 e. The number of amides is 1. The molecular weight excluding hydrogens is 212 g/mol. The van der Waals surface area contributed by atoms with Crippen LogP contribution in [0.1, 0.15) is 33.4 Å². The normalized spacial score (nSPS) is 21.0. The van der Waals surface area contributed by atoms with Crippen molar-refractivity contribution >= 4 is 11.7 Å². The number of aryl methyl sites for hydroxylation is 1. The van der Waals surface area contributed by atoms with E-state index in [0.717, 1.165) is 5.69 Å². The van der Waals surface area contributed by atoms with Crippen LogP contribution in [0.15, 0.2) is 18.2 Å². The predicted octanol–water partition coefficient (Wildman–Crippen LogP) is 3.01. The Morgan fingerprint density at radius 2 is 1.82 bits per heavy atom. The highest BCUT2D eigenvalue weighted by Gasteiger charge is 2.68. The third kappa shape index (κ3) is 1.84. The second kappa shape index (κ2) is 3.56. The minimum absolute atomic E-state index is 0.0670. The number of carbonyl (C=O) groups is 1. The number of nitrogens with one attached hydrogen (secondary N) is 1. The van der Waals surface area contributed by atoms with E-state index in [-0.39, 0.29) is 22.7 Å². The van der Waals surface area contributed by atoms with Gasteiger partial charge in [-0.3, -0.25) is 4.79 Å². The van der Waals surface area contributed by atoms with Gasteiger partial charge in [-0.05, 0) is 29.9 Å². The van der Waals surface area contributed by atoms with Crippen molar-refractivity contribution in [3.8, 4) is 0 Å². The zero-order chi connectivity index (χ0) is 12.8. The first-order valence-electron chi connectivity index (χ1n) is 6.01. The fourth-order valence-electron chi connectivity index (χ4n) is 2.66. The van der Waals surface area contributed by atoms with E-state index in [4.69, 9.17) is 0 Å². The number of hydrogen-bond acceptors (Lipinski definition) is 2. The van der Waals surface area contributed by atoms with Crippen LogP contribution >= 0.6 is 0 Å². The lowest BCUT2D eigenvalue weighted by Gasteiger charge is -2.06. The van der Waals surface area contributed by atoms with Crippen LogP contribution in [0.25, 0.3) is 0 Å². The van der Waals surface area contributed by atoms with Gasteiger partial charge in [0.05, 0.1) is 0 Å². The molecule has 3 heteroatoms. The molecule has 92 valence electrons. The van der Waals surface area contributed by atoms with Gasteiger partial charge in [-0.1, -0.05) is 33.8 Å². The number of aromatic nitrogens is 1. The molecule has 0 unspecified atom stereocenters. The molecule has 1 N–H and O–H groups in total. The molecule has 2 rings (SSSR count). The minimum Gasteiger partial charge on any atom is -0.310 e. The highest BCUT2D eigenvalue weighted by Crippen LogP contribution is 2.68. The molecule has 0 saturated heterocycles. The summed E-state index contributed by atoms with van der Waals surface area (Å²) in [4.78, 5) is 16.5. The summed E-state index contributed by atoms with van der Waals surface area (Å²) in [5.41, 5.74) is 1.05. The van der Waals surface area contributed by atoms with E-state index in [1.54, 1.807) is 0 Å². The third-order valence-electron chi connectivity index (χ3n) is 4.42. The van der Waals surface area contributed by atoms with Crippen LogP contribution in [0, 0.1) is 23.7 Å². The van der Waals surface area contributed by atoms with Gasteiger partial charge in [-0.15, -0.1) is 0 Å². The maximum Gasteiger partial charge on any atom is 0.229 e. The lowest BCUT2D eigenvalue weighted by molar-refractivity contribution is -0.118. The van der Waals surface area contributed by atoms with Crippen molar-refractivity contribution < 1.29 is 4.79 Å². The molecule has 0 spiro atoms. The van der Waals surface area contributed by atoms with E-state index >= 15 is 0 Å². The second-order valence-electron chi connectivity index (χ2n) is 6.03. The number of anilines is 1. The number of carbonyl (C=O) groups excluding carboxylic acids is 1. The summed E-state index contributed by atoms with van der Waals surface area (Å²) in [6.45, 7) is 10.5. The van der Waals surface area contributed by atoms with E-state index in [1.165, 1.54) is 0 Å². The Bertz CT molecular complexity index is 449. The van der Waals surface area contributed by atoms with Crippen molar-refractivity contribution in [2.75, 3.05) is 5.32 Å². The van der Waals surface area contributed by atoms with Gasteiger partial charge in [0.15, 0.2) is 0 Å². The van der Waals surface area contributed by atoms with Gasteiger partial charge in [0.1, 0.15) is 5.82 Å². The van der Waals surface area contributed by atoms with Crippen molar-refractivity contribution in [2.45, 2.75) is 34.6 Å². The van der Waals surface area contributed by atoms with Gasteiger partial charge in [-0.25, -0.2) is 4.98 Å². The van der Waals surface area contributed by atoms with Gasteiger partial charge in [0.2, 0.25) is 5.91 Å². The highest BCUT2D eigenvalue weighted by molar-refractivity contribution is 5.95. The number of nitrogens with zero attached hydrogens (tertiary/aromatic N) is 1. The fourth-order valence-corrected chi connectivity index (χ4v) is 2.66. The molecule has 0 radical (unpaired) electrons. The van der Waals surface area contributed by atoms with Crippen LogP contribution in [0.5, 0.6) is 0 Å². The van der Waals surface area contributed by atoms with E-state index in [1.807, 2.05) is 25.1 Å². The zero-order valence-electron chi connectivity index (χ0n) is 11.2. The van der Waals surface area contributed by atoms with Crippen LogP contribution in [0.2, 0.25) is 0 Å². The average molecular weight is 232 g/mol. The summed E-state index contributed by atoms with van der Waals surface area (Å²) in [5, 5.41) is 2.91. The molecule has 1 aliphatic rings. The lowest BCUT2D eigenvalue weighted by Crippen LogP contribution is -2.18. The Morgan fingerprint density at radius 1 is 1.24 bits per heavy atom. The Balaban J connectivity index is 2.10. The Labute approximate surface area is 103 Å². The summed E-state index contributed by atoms with van der Waals surface area (Å²) in [6.07, 6.45) is 0. The maximum absolute atomic E-state index is 12.2. The standard InChI is InChI=1S/C14H20N2O/c1-9-7-6-8-10(15-9)16-12(17)11-13(2,3)14(11,4)5/h6-8,11H,1-5H3,(H,15,16,17). The molecule has 1 aromatic heterocycles. The Morgan fingerprint density at radius 3 is 2.29 bits per heavy atom. The average Bonchev–Trinajstić information content (AvgIpc) is 2.56. The van der Waals surface area contributed by atoms with Crippen LogP contribution in [-0.2, 0) is 4.79 Å². The fraction of sp³-hybridized carbons (Fsp3) is 0.571. The Kier molecular flexibility index (Phi) is 2.53. The third-order valence-corrected chi connectivity index (χ3v) is 4.42. The van der Waals surface area contributed by atoms with Gasteiger partial charge in [-0.2, -0.15) is 0 Å². The van der Waals surface area contributed by atoms with E-state index in [0.29, 0.717) is 5.82 Å². The highest BCUT2D eigenvalue weighted by atomic mass is 16.2. The minimum atomic E-state index is 0.0670. The second-order valence-corrected chi connectivity index (χ2v) is 6.03. The topological polar surface area (TPSA) is 42.0 Å². The SMILES string of the molecule is Cc1cccc(NC(=O)C2C(C)(C)C2(C)C)n1. The van der Waals surface area contributed by atoms with Crippen molar-refractivity contribution in [3.63, 3.8) is 0 Å². The number of pyridine rings is 1. The number of hydrogen-bond donors (Lipinski definition) is 1. The molecule has 0 aromatic carbocycles. The van der Waals surface area contributed by atoms with E-state index < -0.39 is 0 Å². The van der Waals surface area contributed by atoms with Gasteiger partial charge >= 0.3 is 0 Å². The maximum atomic E-state index is 12.2. The molecule has 0 bridgehead atoms. The van der Waals surface area contributed by atoms with Crippen LogP contribution in [0.4, 0.5) is 5.82 Å². The van der Waals surface area contributed by atoms with Crippen LogP contribution in [-0.4, -0.2) is 10.9 Å². The molecule has 1 aromatic rings. The van der Waals surface area contributed by atoms with Gasteiger partial charge in [0.25, 0.3) is 0 Å². The first-order valence-corrected chi connectivity index (χ1v) is 6.01. The molecule has 1 aliphatic carbocycles. The lowest BCUT2D eigenvalue weighted by atomic mass is 10.0. The molecule has 3 nitrogen and oxygen atoms in total. The molecule has 17 heavy (non-hydrogen) atoms. The zero-order valence-corrected chi connectivity index (χ0v) is 11.2. The molecule has 1 amide bonds. The molecule has 1 heterocycles. The van der Waals surface area contributed by atoms with Crippen molar-refractivity contribution in [1.29, 1.82) is 0 Å². The first-order chi connectivity index (χ1) is 7.76. The molecule has 0 atom stereocenters. The summed E-state index contributed by atoms with van der Waals surface area (Å²) in [6, 6.07) is 5.65. The van der Waals surface area contributed by atoms with Crippen LogP contribution in [0.3, 0.4) is 0 Å². The predicted molar refractivity (Wildman–Crippen MR) is 68.7 cm³/mol.